The number of aromatic nitrogens is 1. The summed E-state index contributed by atoms with van der Waals surface area (Å²) in [5, 5.41) is 13.2. The van der Waals surface area contributed by atoms with Crippen molar-refractivity contribution in [2.24, 2.45) is 0 Å². The second kappa shape index (κ2) is 5.99. The summed E-state index contributed by atoms with van der Waals surface area (Å²) in [6.07, 6.45) is 7.75. The molecule has 106 valence electrons. The second-order valence-corrected chi connectivity index (χ2v) is 5.95. The van der Waals surface area contributed by atoms with Gasteiger partial charge in [0.15, 0.2) is 0 Å². The van der Waals surface area contributed by atoms with Crippen LogP contribution in [0.25, 0.3) is 0 Å². The van der Waals surface area contributed by atoms with Crippen LogP contribution in [0.1, 0.15) is 37.7 Å². The summed E-state index contributed by atoms with van der Waals surface area (Å²) in [6, 6.07) is 4.80. The molecule has 5 heteroatoms. The van der Waals surface area contributed by atoms with E-state index in [-0.39, 0.29) is 0 Å². The highest BCUT2D eigenvalue weighted by molar-refractivity contribution is 6.34. The SMILES string of the molecule is N#Cc1ccnc(N2CCCCC2C2CCCN2)c1Cl. The Morgan fingerprint density at radius 2 is 2.25 bits per heavy atom. The van der Waals surface area contributed by atoms with E-state index in [1.807, 2.05) is 0 Å². The number of hydrogen-bond donors (Lipinski definition) is 1. The van der Waals surface area contributed by atoms with Crippen LogP contribution in [-0.2, 0) is 0 Å². The predicted molar refractivity (Wildman–Crippen MR) is 80.0 cm³/mol. The van der Waals surface area contributed by atoms with Crippen molar-refractivity contribution in [3.63, 3.8) is 0 Å². The largest absolute Gasteiger partial charge is 0.351 e. The third kappa shape index (κ3) is 2.48. The van der Waals surface area contributed by atoms with Gasteiger partial charge in [-0.15, -0.1) is 0 Å². The fraction of sp³-hybridized carbons (Fsp3) is 0.600. The molecule has 2 aliphatic heterocycles. The van der Waals surface area contributed by atoms with Gasteiger partial charge < -0.3 is 10.2 Å². The standard InChI is InChI=1S/C15H19ClN4/c16-14-11(10-17)6-8-19-15(14)20-9-2-1-5-13(20)12-4-3-7-18-12/h6,8,12-13,18H,1-5,7,9H2. The first-order chi connectivity index (χ1) is 9.81. The van der Waals surface area contributed by atoms with Gasteiger partial charge in [0.1, 0.15) is 16.9 Å². The molecule has 2 unspecified atom stereocenters. The number of nitrogens with one attached hydrogen (secondary N) is 1. The van der Waals surface area contributed by atoms with Crippen molar-refractivity contribution in [3.8, 4) is 6.07 Å². The lowest BCUT2D eigenvalue weighted by molar-refractivity contribution is 0.376. The molecule has 0 amide bonds. The molecule has 0 aromatic carbocycles. The van der Waals surface area contributed by atoms with Gasteiger partial charge in [0.05, 0.1) is 5.56 Å². The van der Waals surface area contributed by atoms with Gasteiger partial charge in [0.2, 0.25) is 0 Å². The Kier molecular flexibility index (Phi) is 4.09. The van der Waals surface area contributed by atoms with E-state index in [1.165, 1.54) is 25.7 Å². The summed E-state index contributed by atoms with van der Waals surface area (Å²) >= 11 is 6.37. The second-order valence-electron chi connectivity index (χ2n) is 5.57. The number of pyridine rings is 1. The normalized spacial score (nSPS) is 26.5. The maximum atomic E-state index is 9.13. The lowest BCUT2D eigenvalue weighted by Crippen LogP contribution is -2.50. The highest BCUT2D eigenvalue weighted by atomic mass is 35.5. The minimum absolute atomic E-state index is 0.449. The Morgan fingerprint density at radius 3 is 3.00 bits per heavy atom. The first-order valence-electron chi connectivity index (χ1n) is 7.36. The molecule has 1 N–H and O–H groups in total. The van der Waals surface area contributed by atoms with Crippen molar-refractivity contribution in [1.82, 2.24) is 10.3 Å². The molecule has 0 saturated carbocycles. The summed E-state index contributed by atoms with van der Waals surface area (Å²) in [7, 11) is 0. The van der Waals surface area contributed by atoms with Crippen LogP contribution in [0.3, 0.4) is 0 Å². The molecule has 4 nitrogen and oxygen atoms in total. The van der Waals surface area contributed by atoms with E-state index < -0.39 is 0 Å². The van der Waals surface area contributed by atoms with Crippen LogP contribution >= 0.6 is 11.6 Å². The summed E-state index contributed by atoms with van der Waals surface area (Å²) < 4.78 is 0. The zero-order valence-corrected chi connectivity index (χ0v) is 12.2. The Labute approximate surface area is 124 Å². The monoisotopic (exact) mass is 290 g/mol. The van der Waals surface area contributed by atoms with Crippen LogP contribution in [0.4, 0.5) is 5.82 Å². The first-order valence-corrected chi connectivity index (χ1v) is 7.73. The first kappa shape index (κ1) is 13.7. The van der Waals surface area contributed by atoms with Gasteiger partial charge in [-0.05, 0) is 44.7 Å². The zero-order valence-electron chi connectivity index (χ0n) is 11.5. The summed E-state index contributed by atoms with van der Waals surface area (Å²) in [5.74, 6) is 0.782. The Morgan fingerprint density at radius 1 is 1.35 bits per heavy atom. The molecule has 0 radical (unpaired) electrons. The maximum Gasteiger partial charge on any atom is 0.149 e. The molecular weight excluding hydrogens is 272 g/mol. The van der Waals surface area contributed by atoms with Gasteiger partial charge in [0.25, 0.3) is 0 Å². The van der Waals surface area contributed by atoms with E-state index in [1.54, 1.807) is 12.3 Å². The van der Waals surface area contributed by atoms with Crippen molar-refractivity contribution >= 4 is 17.4 Å². The summed E-state index contributed by atoms with van der Waals surface area (Å²) in [4.78, 5) is 6.76. The number of hydrogen-bond acceptors (Lipinski definition) is 4. The van der Waals surface area contributed by atoms with E-state index >= 15 is 0 Å². The van der Waals surface area contributed by atoms with Crippen LogP contribution < -0.4 is 10.2 Å². The van der Waals surface area contributed by atoms with Crippen molar-refractivity contribution in [3.05, 3.63) is 22.8 Å². The summed E-state index contributed by atoms with van der Waals surface area (Å²) in [5.41, 5.74) is 0.514. The number of piperidine rings is 1. The average Bonchev–Trinajstić information content (AvgIpc) is 3.02. The number of anilines is 1. The minimum atomic E-state index is 0.449. The molecule has 2 fully saturated rings. The minimum Gasteiger partial charge on any atom is -0.351 e. The third-order valence-electron chi connectivity index (χ3n) is 4.38. The number of halogens is 1. The fourth-order valence-electron chi connectivity index (χ4n) is 3.40. The highest BCUT2D eigenvalue weighted by Gasteiger charge is 2.33. The number of rotatable bonds is 2. The zero-order chi connectivity index (χ0) is 13.9. The van der Waals surface area contributed by atoms with E-state index in [9.17, 15) is 0 Å². The van der Waals surface area contributed by atoms with Crippen LogP contribution in [-0.4, -0.2) is 30.2 Å². The molecule has 2 saturated heterocycles. The van der Waals surface area contributed by atoms with E-state index in [0.29, 0.717) is 22.7 Å². The lowest BCUT2D eigenvalue weighted by Gasteiger charge is -2.40. The van der Waals surface area contributed by atoms with Crippen molar-refractivity contribution in [2.75, 3.05) is 18.0 Å². The van der Waals surface area contributed by atoms with Crippen molar-refractivity contribution in [2.45, 2.75) is 44.2 Å². The average molecular weight is 291 g/mol. The van der Waals surface area contributed by atoms with Crippen LogP contribution in [0.15, 0.2) is 12.3 Å². The molecular formula is C15H19ClN4. The van der Waals surface area contributed by atoms with Crippen molar-refractivity contribution < 1.29 is 0 Å². The van der Waals surface area contributed by atoms with Gasteiger partial charge in [-0.2, -0.15) is 5.26 Å². The Balaban J connectivity index is 1.91. The molecule has 1 aromatic rings. The van der Waals surface area contributed by atoms with Gasteiger partial charge in [-0.25, -0.2) is 4.98 Å². The highest BCUT2D eigenvalue weighted by Crippen LogP contribution is 2.33. The molecule has 3 heterocycles. The van der Waals surface area contributed by atoms with E-state index in [4.69, 9.17) is 16.9 Å². The quantitative estimate of drug-likeness (QED) is 0.910. The molecule has 1 aromatic heterocycles. The van der Waals surface area contributed by atoms with Crippen molar-refractivity contribution in [1.29, 1.82) is 5.26 Å². The van der Waals surface area contributed by atoms with Crippen LogP contribution in [0.5, 0.6) is 0 Å². The maximum absolute atomic E-state index is 9.13. The molecule has 2 atom stereocenters. The Bertz CT molecular complexity index is 519. The molecule has 0 spiro atoms. The van der Waals surface area contributed by atoms with Gasteiger partial charge in [-0.3, -0.25) is 0 Å². The van der Waals surface area contributed by atoms with Gasteiger partial charge in [0, 0.05) is 24.8 Å². The predicted octanol–water partition coefficient (Wildman–Crippen LogP) is 2.72. The van der Waals surface area contributed by atoms with E-state index in [0.717, 1.165) is 25.3 Å². The summed E-state index contributed by atoms with van der Waals surface area (Å²) in [6.45, 7) is 2.08. The molecule has 2 aliphatic rings. The molecule has 20 heavy (non-hydrogen) atoms. The number of nitriles is 1. The van der Waals surface area contributed by atoms with Gasteiger partial charge in [-0.1, -0.05) is 11.6 Å². The van der Waals surface area contributed by atoms with E-state index in [2.05, 4.69) is 21.3 Å². The van der Waals surface area contributed by atoms with Crippen LogP contribution in [0, 0.1) is 11.3 Å². The number of nitrogens with zero attached hydrogens (tertiary/aromatic N) is 3. The third-order valence-corrected chi connectivity index (χ3v) is 4.75. The molecule has 3 rings (SSSR count). The van der Waals surface area contributed by atoms with Crippen LogP contribution in [0.2, 0.25) is 5.02 Å². The molecule has 0 bridgehead atoms. The Hall–Kier alpha value is -1.31. The smallest absolute Gasteiger partial charge is 0.149 e. The lowest BCUT2D eigenvalue weighted by atomic mass is 9.94. The topological polar surface area (TPSA) is 52.0 Å². The molecule has 0 aliphatic carbocycles. The van der Waals surface area contributed by atoms with Gasteiger partial charge >= 0.3 is 0 Å². The fourth-order valence-corrected chi connectivity index (χ4v) is 3.66.